The van der Waals surface area contributed by atoms with Gasteiger partial charge >= 0.3 is 6.09 Å². The summed E-state index contributed by atoms with van der Waals surface area (Å²) in [4.78, 5) is 49.0. The number of rotatable bonds is 7. The van der Waals surface area contributed by atoms with Gasteiger partial charge in [-0.05, 0) is 58.5 Å². The Morgan fingerprint density at radius 2 is 1.65 bits per heavy atom. The Morgan fingerprint density at radius 3 is 2.46 bits per heavy atom. The van der Waals surface area contributed by atoms with Gasteiger partial charge in [-0.3, -0.25) is 9.69 Å². The Kier molecular flexibility index (Phi) is 9.58. The van der Waals surface area contributed by atoms with Crippen molar-refractivity contribution in [3.8, 4) is 28.6 Å². The summed E-state index contributed by atoms with van der Waals surface area (Å²) in [5.74, 6) is 1.07. The van der Waals surface area contributed by atoms with Gasteiger partial charge in [0.05, 0.1) is 24.2 Å². The highest BCUT2D eigenvalue weighted by Gasteiger charge is 2.29. The van der Waals surface area contributed by atoms with Crippen molar-refractivity contribution >= 4 is 40.0 Å². The lowest BCUT2D eigenvalue weighted by atomic mass is 9.98. The maximum atomic E-state index is 13.5. The number of carbonyl (C=O) groups excluding carboxylic acids is 2. The van der Waals surface area contributed by atoms with Gasteiger partial charge in [-0.1, -0.05) is 44.2 Å². The second-order valence-corrected chi connectivity index (χ2v) is 15.1. The number of carbonyl (C=O) groups is 2. The highest BCUT2D eigenvalue weighted by Crippen LogP contribution is 2.36. The van der Waals surface area contributed by atoms with Crippen LogP contribution < -0.4 is 9.64 Å². The molecule has 14 nitrogen and oxygen atoms in total. The van der Waals surface area contributed by atoms with E-state index >= 15 is 0 Å². The molecular weight excluding hydrogens is 727 g/mol. The molecule has 2 N–H and O–H groups in total. The molecule has 0 unspecified atom stereocenters. The third-order valence-corrected chi connectivity index (χ3v) is 11.0. The summed E-state index contributed by atoms with van der Waals surface area (Å²) in [6, 6.07) is 20.2. The molecule has 0 atom stereocenters. The first-order valence-electron chi connectivity index (χ1n) is 19.3. The van der Waals surface area contributed by atoms with E-state index in [9.17, 15) is 19.8 Å². The molecule has 0 spiro atoms. The number of hydrogen-bond acceptors (Lipinski definition) is 12. The summed E-state index contributed by atoms with van der Waals surface area (Å²) in [5.41, 5.74) is 6.56. The van der Waals surface area contributed by atoms with E-state index in [-0.39, 0.29) is 28.9 Å². The first-order valence-corrected chi connectivity index (χ1v) is 19.3. The number of phenolic OH excluding ortho intramolecular Hbond substituents is 2. The predicted octanol–water partition coefficient (Wildman–Crippen LogP) is 6.28. The number of hydrogen-bond donors (Lipinski definition) is 2. The molecule has 0 radical (unpaired) electrons. The molecule has 3 aromatic carbocycles. The number of benzene rings is 3. The van der Waals surface area contributed by atoms with E-state index in [0.717, 1.165) is 22.1 Å². The molecule has 2 saturated heterocycles. The van der Waals surface area contributed by atoms with Crippen LogP contribution in [0.25, 0.3) is 33.6 Å². The molecule has 0 bridgehead atoms. The molecule has 57 heavy (non-hydrogen) atoms. The van der Waals surface area contributed by atoms with Gasteiger partial charge in [-0.25, -0.2) is 19.7 Å². The maximum Gasteiger partial charge on any atom is 0.415 e. The van der Waals surface area contributed by atoms with Crippen LogP contribution in [0.2, 0.25) is 0 Å². The molecule has 0 aliphatic carbocycles. The van der Waals surface area contributed by atoms with Gasteiger partial charge in [-0.2, -0.15) is 0 Å². The summed E-state index contributed by atoms with van der Waals surface area (Å²) in [5, 5.41) is 21.5. The normalized spacial score (nSPS) is 16.2. The first-order chi connectivity index (χ1) is 27.7. The van der Waals surface area contributed by atoms with Crippen molar-refractivity contribution < 1.29 is 33.7 Å². The van der Waals surface area contributed by atoms with Crippen LogP contribution in [-0.4, -0.2) is 104 Å². The summed E-state index contributed by atoms with van der Waals surface area (Å²) < 4.78 is 17.6. The standard InChI is InChI=1S/C43H43N7O7/c1-26(2)33-21-34(36(52)22-35(33)51)42(53)50-24-29-9-8-27(19-30(29)25-50)23-47-11-13-49(14-12-47)43(54)56-31-6-3-5-28(20-31)39-45-37-32-7-4-10-44-41(32)57-38(37)40(46-39)48-15-17-55-18-16-48/h3-10,19-22,26,51-52H,11-18,23-25H2,1-2H3. The topological polar surface area (TPSA) is 158 Å². The summed E-state index contributed by atoms with van der Waals surface area (Å²) in [6.45, 7) is 10.4. The van der Waals surface area contributed by atoms with E-state index in [0.29, 0.717) is 117 Å². The van der Waals surface area contributed by atoms with Crippen molar-refractivity contribution in [2.45, 2.75) is 39.4 Å². The number of aromatic nitrogens is 3. The number of pyridine rings is 1. The number of nitrogens with zero attached hydrogens (tertiary/aromatic N) is 7. The quantitative estimate of drug-likeness (QED) is 0.188. The van der Waals surface area contributed by atoms with Crippen LogP contribution in [-0.2, 0) is 24.4 Å². The monoisotopic (exact) mass is 769 g/mol. The Morgan fingerprint density at radius 1 is 0.842 bits per heavy atom. The number of furan rings is 1. The molecule has 6 heterocycles. The van der Waals surface area contributed by atoms with Gasteiger partial charge in [0, 0.05) is 76.7 Å². The molecule has 2 fully saturated rings. The molecule has 0 saturated carbocycles. The second kappa shape index (κ2) is 15.0. The van der Waals surface area contributed by atoms with Crippen molar-refractivity contribution in [3.63, 3.8) is 0 Å². The molecule has 3 aliphatic heterocycles. The van der Waals surface area contributed by atoms with Gasteiger partial charge in [0.2, 0.25) is 5.71 Å². The fourth-order valence-electron chi connectivity index (χ4n) is 7.88. The predicted molar refractivity (Wildman–Crippen MR) is 212 cm³/mol. The third-order valence-electron chi connectivity index (χ3n) is 11.0. The number of fused-ring (bicyclic) bond motifs is 4. The van der Waals surface area contributed by atoms with E-state index < -0.39 is 6.09 Å². The Labute approximate surface area is 328 Å². The van der Waals surface area contributed by atoms with E-state index in [1.165, 1.54) is 6.07 Å². The lowest BCUT2D eigenvalue weighted by molar-refractivity contribution is 0.0748. The van der Waals surface area contributed by atoms with E-state index in [4.69, 9.17) is 23.9 Å². The molecule has 3 aromatic heterocycles. The van der Waals surface area contributed by atoms with E-state index in [1.54, 1.807) is 34.2 Å². The van der Waals surface area contributed by atoms with Gasteiger partial charge in [0.15, 0.2) is 17.2 Å². The van der Waals surface area contributed by atoms with Crippen molar-refractivity contribution in [1.29, 1.82) is 0 Å². The van der Waals surface area contributed by atoms with Crippen LogP contribution in [0.3, 0.4) is 0 Å². The van der Waals surface area contributed by atoms with Crippen LogP contribution in [0.4, 0.5) is 10.6 Å². The average molecular weight is 770 g/mol. The van der Waals surface area contributed by atoms with Crippen molar-refractivity contribution in [2.75, 3.05) is 57.4 Å². The highest BCUT2D eigenvalue weighted by molar-refractivity contribution is 6.05. The minimum absolute atomic E-state index is 0.00105. The summed E-state index contributed by atoms with van der Waals surface area (Å²) in [7, 11) is 0. The number of anilines is 1. The fraction of sp³-hybridized carbons (Fsp3) is 0.326. The molecule has 9 rings (SSSR count). The number of phenols is 2. The van der Waals surface area contributed by atoms with Crippen LogP contribution >= 0.6 is 0 Å². The van der Waals surface area contributed by atoms with Crippen LogP contribution in [0.15, 0.2) is 77.3 Å². The Bertz CT molecular complexity index is 2510. The lowest BCUT2D eigenvalue weighted by Gasteiger charge is -2.34. The largest absolute Gasteiger partial charge is 0.508 e. The first kappa shape index (κ1) is 36.4. The van der Waals surface area contributed by atoms with E-state index in [2.05, 4.69) is 33.0 Å². The molecule has 292 valence electrons. The number of piperazine rings is 1. The van der Waals surface area contributed by atoms with Crippen LogP contribution in [0.1, 0.15) is 52.4 Å². The smallest absolute Gasteiger partial charge is 0.415 e. The van der Waals surface area contributed by atoms with Gasteiger partial charge in [-0.15, -0.1) is 0 Å². The van der Waals surface area contributed by atoms with Crippen LogP contribution in [0, 0.1) is 0 Å². The van der Waals surface area contributed by atoms with Crippen LogP contribution in [0.5, 0.6) is 17.2 Å². The SMILES string of the molecule is CC(C)c1cc(C(=O)N2Cc3ccc(CN4CCN(C(=O)Oc5cccc(-c6nc(N7CCOCC7)c7oc8ncccc8c7n6)c5)CC4)cc3C2)c(O)cc1O. The van der Waals surface area contributed by atoms with Crippen molar-refractivity contribution in [1.82, 2.24) is 29.7 Å². The van der Waals surface area contributed by atoms with Gasteiger partial charge in [0.1, 0.15) is 22.8 Å². The zero-order valence-electron chi connectivity index (χ0n) is 31.8. The molecule has 6 aromatic rings. The number of morpholine rings is 1. The lowest BCUT2D eigenvalue weighted by Crippen LogP contribution is -2.49. The second-order valence-electron chi connectivity index (χ2n) is 15.1. The van der Waals surface area contributed by atoms with E-state index in [1.807, 2.05) is 38.1 Å². The molecule has 2 amide bonds. The summed E-state index contributed by atoms with van der Waals surface area (Å²) in [6.07, 6.45) is 1.28. The van der Waals surface area contributed by atoms with Crippen molar-refractivity contribution in [3.05, 3.63) is 101 Å². The minimum atomic E-state index is -0.411. The number of amides is 2. The minimum Gasteiger partial charge on any atom is -0.508 e. The number of aromatic hydroxyl groups is 2. The zero-order valence-corrected chi connectivity index (χ0v) is 31.8. The fourth-order valence-corrected chi connectivity index (χ4v) is 7.88. The number of ether oxygens (including phenoxy) is 2. The highest BCUT2D eigenvalue weighted by atomic mass is 16.6. The molecular formula is C43H43N7O7. The zero-order chi connectivity index (χ0) is 39.2. The van der Waals surface area contributed by atoms with Gasteiger partial charge < -0.3 is 38.8 Å². The summed E-state index contributed by atoms with van der Waals surface area (Å²) >= 11 is 0. The Hall–Kier alpha value is -6.25. The third kappa shape index (κ3) is 7.17. The molecule has 14 heteroatoms. The maximum absolute atomic E-state index is 13.5. The Balaban J connectivity index is 0.832. The molecule has 3 aliphatic rings. The van der Waals surface area contributed by atoms with Crippen molar-refractivity contribution in [2.24, 2.45) is 0 Å². The van der Waals surface area contributed by atoms with Gasteiger partial charge in [0.25, 0.3) is 5.91 Å². The average Bonchev–Trinajstić information content (AvgIpc) is 3.82.